The quantitative estimate of drug-likeness (QED) is 0.446. The number of esters is 1. The average Bonchev–Trinajstić information content (AvgIpc) is 2.74. The minimum atomic E-state index is -0.328. The van der Waals surface area contributed by atoms with E-state index in [0.717, 1.165) is 11.1 Å². The first-order valence-corrected chi connectivity index (χ1v) is 11.7. The van der Waals surface area contributed by atoms with Crippen molar-refractivity contribution >= 4 is 35.1 Å². The first-order valence-electron chi connectivity index (χ1n) is 11.0. The van der Waals surface area contributed by atoms with E-state index in [-0.39, 0.29) is 23.4 Å². The van der Waals surface area contributed by atoms with E-state index in [1.807, 2.05) is 52.0 Å². The van der Waals surface area contributed by atoms with Crippen LogP contribution in [0.4, 0.5) is 0 Å². The third kappa shape index (κ3) is 11.1. The van der Waals surface area contributed by atoms with Crippen LogP contribution in [0.15, 0.2) is 36.4 Å². The zero-order valence-corrected chi connectivity index (χ0v) is 22.5. The van der Waals surface area contributed by atoms with Crippen molar-refractivity contribution in [2.75, 3.05) is 20.8 Å². The Bertz CT molecular complexity index is 957. The Hall–Kier alpha value is -2.44. The van der Waals surface area contributed by atoms with Crippen molar-refractivity contribution in [1.29, 1.82) is 0 Å². The van der Waals surface area contributed by atoms with Crippen molar-refractivity contribution in [3.63, 3.8) is 0 Å². The molecule has 0 aliphatic heterocycles. The normalized spacial score (nSPS) is 11.6. The van der Waals surface area contributed by atoms with Crippen LogP contribution in [-0.4, -0.2) is 38.2 Å². The van der Waals surface area contributed by atoms with Gasteiger partial charge in [-0.05, 0) is 69.0 Å². The standard InChI is InChI=1S/C20H23Cl2NO3.C6H12O2/c1-13(10-15-5-6-16(21)12-17(15)22)20(24)23-9-8-14-4-7-18(25-2)19(11-14)26-3;1-5(7)8-6(2,3)4/h4-7,11-13H,8-10H2,1-3H3,(H,23,24);1-4H3. The maximum atomic E-state index is 12.3. The Morgan fingerprint density at radius 3 is 2.15 bits per heavy atom. The Morgan fingerprint density at radius 1 is 1.00 bits per heavy atom. The molecule has 188 valence electrons. The number of halogens is 2. The predicted octanol–water partition coefficient (Wildman–Crippen LogP) is 5.90. The topological polar surface area (TPSA) is 73.9 Å². The molecule has 0 saturated heterocycles. The molecule has 1 N–H and O–H groups in total. The van der Waals surface area contributed by atoms with Crippen molar-refractivity contribution in [2.45, 2.75) is 53.1 Å². The van der Waals surface area contributed by atoms with Crippen molar-refractivity contribution in [1.82, 2.24) is 5.32 Å². The molecule has 0 bridgehead atoms. The summed E-state index contributed by atoms with van der Waals surface area (Å²) in [4.78, 5) is 22.6. The van der Waals surface area contributed by atoms with Crippen LogP contribution in [0.25, 0.3) is 0 Å². The zero-order valence-electron chi connectivity index (χ0n) is 21.0. The second kappa shape index (κ2) is 14.1. The van der Waals surface area contributed by atoms with Crippen LogP contribution in [0, 0.1) is 5.92 Å². The molecule has 0 aliphatic carbocycles. The van der Waals surface area contributed by atoms with Gasteiger partial charge >= 0.3 is 5.97 Å². The van der Waals surface area contributed by atoms with Gasteiger partial charge in [0.1, 0.15) is 5.60 Å². The van der Waals surface area contributed by atoms with Gasteiger partial charge in [-0.2, -0.15) is 0 Å². The summed E-state index contributed by atoms with van der Waals surface area (Å²) in [7, 11) is 3.21. The molecule has 2 aromatic carbocycles. The number of hydrogen-bond donors (Lipinski definition) is 1. The summed E-state index contributed by atoms with van der Waals surface area (Å²) in [6, 6.07) is 11.1. The highest BCUT2D eigenvalue weighted by molar-refractivity contribution is 6.35. The Balaban J connectivity index is 0.000000620. The molecule has 1 atom stereocenters. The van der Waals surface area contributed by atoms with E-state index in [0.29, 0.717) is 40.9 Å². The molecule has 0 heterocycles. The summed E-state index contributed by atoms with van der Waals surface area (Å²) in [5.74, 6) is 0.962. The maximum Gasteiger partial charge on any atom is 0.303 e. The monoisotopic (exact) mass is 511 g/mol. The van der Waals surface area contributed by atoms with Gasteiger partial charge in [0.15, 0.2) is 11.5 Å². The van der Waals surface area contributed by atoms with Crippen LogP contribution in [0.2, 0.25) is 10.0 Å². The van der Waals surface area contributed by atoms with E-state index in [2.05, 4.69) is 5.32 Å². The highest BCUT2D eigenvalue weighted by Gasteiger charge is 2.15. The van der Waals surface area contributed by atoms with Crippen molar-refractivity contribution in [3.8, 4) is 11.5 Å². The number of amides is 1. The number of nitrogens with one attached hydrogen (secondary N) is 1. The molecule has 2 aromatic rings. The lowest BCUT2D eigenvalue weighted by Gasteiger charge is -2.17. The molecule has 1 amide bonds. The fourth-order valence-corrected chi connectivity index (χ4v) is 3.57. The Labute approximate surface area is 212 Å². The Kier molecular flexibility index (Phi) is 12.2. The minimum absolute atomic E-state index is 0.00325. The number of benzene rings is 2. The number of carbonyl (C=O) groups excluding carboxylic acids is 2. The van der Waals surface area contributed by atoms with Gasteiger partial charge in [-0.3, -0.25) is 9.59 Å². The molecule has 1 unspecified atom stereocenters. The van der Waals surface area contributed by atoms with Crippen LogP contribution >= 0.6 is 23.2 Å². The summed E-state index contributed by atoms with van der Waals surface area (Å²) >= 11 is 12.1. The third-order valence-electron chi connectivity index (χ3n) is 4.60. The fourth-order valence-electron chi connectivity index (χ4n) is 3.08. The van der Waals surface area contributed by atoms with E-state index >= 15 is 0 Å². The van der Waals surface area contributed by atoms with E-state index in [1.54, 1.807) is 26.4 Å². The Morgan fingerprint density at radius 2 is 1.65 bits per heavy atom. The van der Waals surface area contributed by atoms with Crippen LogP contribution < -0.4 is 14.8 Å². The molecule has 0 radical (unpaired) electrons. The number of methoxy groups -OCH3 is 2. The summed E-state index contributed by atoms with van der Waals surface area (Å²) in [6.07, 6.45) is 1.28. The highest BCUT2D eigenvalue weighted by Crippen LogP contribution is 2.27. The van der Waals surface area contributed by atoms with E-state index in [9.17, 15) is 9.59 Å². The van der Waals surface area contributed by atoms with Gasteiger partial charge in [-0.15, -0.1) is 0 Å². The molecular weight excluding hydrogens is 477 g/mol. The summed E-state index contributed by atoms with van der Waals surface area (Å²) in [6.45, 7) is 9.37. The molecule has 0 fully saturated rings. The van der Waals surface area contributed by atoms with Gasteiger partial charge in [-0.25, -0.2) is 0 Å². The number of rotatable bonds is 8. The largest absolute Gasteiger partial charge is 0.493 e. The van der Waals surface area contributed by atoms with Gasteiger partial charge in [-0.1, -0.05) is 42.3 Å². The van der Waals surface area contributed by atoms with Gasteiger partial charge in [0.2, 0.25) is 5.91 Å². The van der Waals surface area contributed by atoms with Crippen LogP contribution in [-0.2, 0) is 27.2 Å². The van der Waals surface area contributed by atoms with E-state index < -0.39 is 0 Å². The van der Waals surface area contributed by atoms with Crippen molar-refractivity contribution < 1.29 is 23.8 Å². The van der Waals surface area contributed by atoms with Crippen LogP contribution in [0.5, 0.6) is 11.5 Å². The summed E-state index contributed by atoms with van der Waals surface area (Å²) in [5.41, 5.74) is 1.65. The molecule has 6 nitrogen and oxygen atoms in total. The third-order valence-corrected chi connectivity index (χ3v) is 5.19. The minimum Gasteiger partial charge on any atom is -0.493 e. The summed E-state index contributed by atoms with van der Waals surface area (Å²) < 4.78 is 15.3. The molecule has 0 saturated carbocycles. The van der Waals surface area contributed by atoms with Gasteiger partial charge in [0, 0.05) is 29.4 Å². The summed E-state index contributed by atoms with van der Waals surface area (Å²) in [5, 5.41) is 4.14. The predicted molar refractivity (Wildman–Crippen MR) is 137 cm³/mol. The van der Waals surface area contributed by atoms with Crippen molar-refractivity contribution in [2.24, 2.45) is 5.92 Å². The van der Waals surface area contributed by atoms with Crippen LogP contribution in [0.3, 0.4) is 0 Å². The van der Waals surface area contributed by atoms with Crippen LogP contribution in [0.1, 0.15) is 45.7 Å². The second-order valence-corrected chi connectivity index (χ2v) is 9.62. The highest BCUT2D eigenvalue weighted by atomic mass is 35.5. The number of hydrogen-bond acceptors (Lipinski definition) is 5. The number of ether oxygens (including phenoxy) is 3. The molecule has 0 spiro atoms. The van der Waals surface area contributed by atoms with E-state index in [4.69, 9.17) is 37.4 Å². The lowest BCUT2D eigenvalue weighted by Crippen LogP contribution is -2.31. The van der Waals surface area contributed by atoms with Crippen molar-refractivity contribution in [3.05, 3.63) is 57.6 Å². The lowest BCUT2D eigenvalue weighted by molar-refractivity contribution is -0.151. The molecular formula is C26H35Cl2NO5. The molecule has 2 rings (SSSR count). The maximum absolute atomic E-state index is 12.3. The first-order chi connectivity index (χ1) is 15.9. The molecule has 0 aliphatic rings. The second-order valence-electron chi connectivity index (χ2n) is 8.78. The average molecular weight is 512 g/mol. The fraction of sp³-hybridized carbons (Fsp3) is 0.462. The molecule has 8 heteroatoms. The zero-order chi connectivity index (χ0) is 25.9. The van der Waals surface area contributed by atoms with Gasteiger partial charge < -0.3 is 19.5 Å². The van der Waals surface area contributed by atoms with E-state index in [1.165, 1.54) is 6.92 Å². The SMILES string of the molecule is CC(=O)OC(C)(C)C.COc1ccc(CCNC(=O)C(C)Cc2ccc(Cl)cc2Cl)cc1OC. The van der Waals surface area contributed by atoms with Gasteiger partial charge in [0.05, 0.1) is 14.2 Å². The smallest absolute Gasteiger partial charge is 0.303 e. The number of carbonyl (C=O) groups is 2. The molecule has 34 heavy (non-hydrogen) atoms. The van der Waals surface area contributed by atoms with Gasteiger partial charge in [0.25, 0.3) is 0 Å². The first kappa shape index (κ1) is 29.6. The lowest BCUT2D eigenvalue weighted by atomic mass is 10.00. The molecule has 0 aromatic heterocycles.